The molecular weight excluding hydrogens is 283 g/mol. The van der Waals surface area contributed by atoms with E-state index in [4.69, 9.17) is 4.74 Å². The quantitative estimate of drug-likeness (QED) is 0.879. The highest BCUT2D eigenvalue weighted by atomic mass is 19.4. The van der Waals surface area contributed by atoms with Crippen molar-refractivity contribution in [2.75, 3.05) is 19.8 Å². The fourth-order valence-corrected chi connectivity index (χ4v) is 2.47. The van der Waals surface area contributed by atoms with Crippen LogP contribution in [0.1, 0.15) is 30.9 Å². The number of rotatable bonds is 5. The molecule has 1 unspecified atom stereocenters. The van der Waals surface area contributed by atoms with Gasteiger partial charge in [0.15, 0.2) is 0 Å². The molecule has 0 bridgehead atoms. The average Bonchev–Trinajstić information content (AvgIpc) is 2.44. The summed E-state index contributed by atoms with van der Waals surface area (Å²) in [4.78, 5) is 0. The number of hydrogen-bond donors (Lipinski definition) is 2. The number of alkyl halides is 3. The molecule has 0 aromatic heterocycles. The van der Waals surface area contributed by atoms with Crippen LogP contribution >= 0.6 is 0 Å². The summed E-state index contributed by atoms with van der Waals surface area (Å²) in [5.74, 6) is 0. The topological polar surface area (TPSA) is 41.5 Å². The zero-order chi connectivity index (χ0) is 15.3. The van der Waals surface area contributed by atoms with Crippen LogP contribution in [-0.2, 0) is 4.74 Å². The van der Waals surface area contributed by atoms with Crippen molar-refractivity contribution < 1.29 is 23.0 Å². The minimum absolute atomic E-state index is 0.131. The highest BCUT2D eigenvalue weighted by molar-refractivity contribution is 5.19. The molecule has 0 aliphatic carbocycles. The molecule has 1 aromatic rings. The molecule has 1 aliphatic rings. The van der Waals surface area contributed by atoms with Gasteiger partial charge in [-0.2, -0.15) is 13.2 Å². The minimum atomic E-state index is -4.26. The first-order valence-corrected chi connectivity index (χ1v) is 7.03. The van der Waals surface area contributed by atoms with E-state index in [2.05, 4.69) is 5.32 Å². The van der Waals surface area contributed by atoms with Gasteiger partial charge in [-0.1, -0.05) is 30.3 Å². The summed E-state index contributed by atoms with van der Waals surface area (Å²) in [5, 5.41) is 13.2. The number of nitrogens with one attached hydrogen (secondary N) is 1. The van der Waals surface area contributed by atoms with Crippen LogP contribution in [0.2, 0.25) is 0 Å². The number of hydrogen-bond acceptors (Lipinski definition) is 3. The van der Waals surface area contributed by atoms with E-state index in [-0.39, 0.29) is 6.54 Å². The van der Waals surface area contributed by atoms with E-state index in [1.807, 2.05) is 0 Å². The predicted molar refractivity (Wildman–Crippen MR) is 72.9 cm³/mol. The average molecular weight is 303 g/mol. The first-order chi connectivity index (χ1) is 9.88. The zero-order valence-corrected chi connectivity index (χ0v) is 11.7. The molecule has 118 valence electrons. The lowest BCUT2D eigenvalue weighted by Crippen LogP contribution is -2.46. The molecule has 0 spiro atoms. The summed E-state index contributed by atoms with van der Waals surface area (Å²) in [6.07, 6.45) is -4.34. The Hall–Kier alpha value is -1.11. The van der Waals surface area contributed by atoms with Gasteiger partial charge in [-0.05, 0) is 5.56 Å². The zero-order valence-electron chi connectivity index (χ0n) is 11.7. The molecule has 0 saturated carbocycles. The Kier molecular flexibility index (Phi) is 5.24. The van der Waals surface area contributed by atoms with Crippen LogP contribution < -0.4 is 5.32 Å². The third kappa shape index (κ3) is 5.30. The lowest BCUT2D eigenvalue weighted by atomic mass is 9.93. The summed E-state index contributed by atoms with van der Waals surface area (Å²) in [5.41, 5.74) is -0.415. The Labute approximate surface area is 122 Å². The molecule has 0 radical (unpaired) electrons. The highest BCUT2D eigenvalue weighted by Crippen LogP contribution is 2.30. The van der Waals surface area contributed by atoms with E-state index >= 15 is 0 Å². The van der Waals surface area contributed by atoms with Crippen LogP contribution in [0, 0.1) is 0 Å². The van der Waals surface area contributed by atoms with Gasteiger partial charge in [-0.25, -0.2) is 0 Å². The van der Waals surface area contributed by atoms with Gasteiger partial charge in [0, 0.05) is 38.6 Å². The van der Waals surface area contributed by atoms with Gasteiger partial charge in [-0.15, -0.1) is 0 Å². The Morgan fingerprint density at radius 2 is 1.81 bits per heavy atom. The fraction of sp³-hybridized carbons (Fsp3) is 0.600. The Morgan fingerprint density at radius 3 is 2.38 bits per heavy atom. The third-order valence-electron chi connectivity index (χ3n) is 3.74. The third-order valence-corrected chi connectivity index (χ3v) is 3.74. The summed E-state index contributed by atoms with van der Waals surface area (Å²) < 4.78 is 43.4. The van der Waals surface area contributed by atoms with Crippen molar-refractivity contribution >= 4 is 0 Å². The summed E-state index contributed by atoms with van der Waals surface area (Å²) in [6, 6.07) is 7.67. The lowest BCUT2D eigenvalue weighted by Gasteiger charge is -2.34. The van der Waals surface area contributed by atoms with E-state index in [0.29, 0.717) is 31.6 Å². The van der Waals surface area contributed by atoms with Crippen molar-refractivity contribution in [2.24, 2.45) is 0 Å². The van der Waals surface area contributed by atoms with Crippen molar-refractivity contribution in [3.05, 3.63) is 35.9 Å². The van der Waals surface area contributed by atoms with Crippen molar-refractivity contribution in [3.63, 3.8) is 0 Å². The SMILES string of the molecule is OC1(CNC(CC(F)(F)F)c2ccccc2)CCOCC1. The minimum Gasteiger partial charge on any atom is -0.388 e. The van der Waals surface area contributed by atoms with E-state index in [9.17, 15) is 18.3 Å². The molecule has 1 aliphatic heterocycles. The van der Waals surface area contributed by atoms with Crippen LogP contribution in [0.4, 0.5) is 13.2 Å². The molecule has 1 saturated heterocycles. The Bertz CT molecular complexity index is 430. The number of benzene rings is 1. The van der Waals surface area contributed by atoms with Crippen molar-refractivity contribution in [1.29, 1.82) is 0 Å². The summed E-state index contributed by atoms with van der Waals surface area (Å²) >= 11 is 0. The van der Waals surface area contributed by atoms with Crippen LogP contribution in [0.25, 0.3) is 0 Å². The first kappa shape index (κ1) is 16.3. The van der Waals surface area contributed by atoms with Crippen LogP contribution in [0.3, 0.4) is 0 Å². The standard InChI is InChI=1S/C15H20F3NO2/c16-15(17,18)10-13(12-4-2-1-3-5-12)19-11-14(20)6-8-21-9-7-14/h1-5,13,19-20H,6-11H2. The van der Waals surface area contributed by atoms with Gasteiger partial charge in [0.05, 0.1) is 12.0 Å². The van der Waals surface area contributed by atoms with Gasteiger partial charge < -0.3 is 15.2 Å². The smallest absolute Gasteiger partial charge is 0.388 e. The van der Waals surface area contributed by atoms with E-state index < -0.39 is 24.2 Å². The maximum Gasteiger partial charge on any atom is 0.390 e. The second-order valence-corrected chi connectivity index (χ2v) is 5.50. The van der Waals surface area contributed by atoms with Crippen molar-refractivity contribution in [3.8, 4) is 0 Å². The van der Waals surface area contributed by atoms with Gasteiger partial charge in [0.25, 0.3) is 0 Å². The largest absolute Gasteiger partial charge is 0.390 e. The maximum atomic E-state index is 12.7. The number of ether oxygens (including phenoxy) is 1. The van der Waals surface area contributed by atoms with Gasteiger partial charge in [0.1, 0.15) is 0 Å². The van der Waals surface area contributed by atoms with Crippen molar-refractivity contribution in [2.45, 2.75) is 37.1 Å². The molecule has 0 amide bonds. The van der Waals surface area contributed by atoms with Gasteiger partial charge in [-0.3, -0.25) is 0 Å². The first-order valence-electron chi connectivity index (χ1n) is 7.03. The summed E-state index contributed by atoms with van der Waals surface area (Å²) in [7, 11) is 0. The van der Waals surface area contributed by atoms with Crippen LogP contribution in [0.15, 0.2) is 30.3 Å². The Morgan fingerprint density at radius 1 is 1.19 bits per heavy atom. The molecule has 21 heavy (non-hydrogen) atoms. The molecule has 1 atom stereocenters. The van der Waals surface area contributed by atoms with Crippen LogP contribution in [0.5, 0.6) is 0 Å². The van der Waals surface area contributed by atoms with Gasteiger partial charge >= 0.3 is 6.18 Å². The molecule has 1 fully saturated rings. The van der Waals surface area contributed by atoms with E-state index in [1.54, 1.807) is 30.3 Å². The molecule has 2 N–H and O–H groups in total. The van der Waals surface area contributed by atoms with E-state index in [1.165, 1.54) is 0 Å². The molecule has 1 heterocycles. The highest BCUT2D eigenvalue weighted by Gasteiger charge is 2.35. The Balaban J connectivity index is 2.02. The lowest BCUT2D eigenvalue weighted by molar-refractivity contribution is -0.142. The molecule has 1 aromatic carbocycles. The van der Waals surface area contributed by atoms with Gasteiger partial charge in [0.2, 0.25) is 0 Å². The summed E-state index contributed by atoms with van der Waals surface area (Å²) in [6.45, 7) is 1.01. The number of halogens is 3. The monoisotopic (exact) mass is 303 g/mol. The van der Waals surface area contributed by atoms with Crippen LogP contribution in [-0.4, -0.2) is 36.6 Å². The van der Waals surface area contributed by atoms with Crippen molar-refractivity contribution in [1.82, 2.24) is 5.32 Å². The fourth-order valence-electron chi connectivity index (χ4n) is 2.47. The second-order valence-electron chi connectivity index (χ2n) is 5.50. The molecular formula is C15H20F3NO2. The number of aliphatic hydroxyl groups is 1. The molecule has 2 rings (SSSR count). The second kappa shape index (κ2) is 6.77. The normalized spacial score (nSPS) is 20.2. The molecule has 3 nitrogen and oxygen atoms in total. The molecule has 6 heteroatoms. The maximum absolute atomic E-state index is 12.7. The predicted octanol–water partition coefficient (Wildman–Crippen LogP) is 2.81. The van der Waals surface area contributed by atoms with E-state index in [0.717, 1.165) is 0 Å².